The highest BCUT2D eigenvalue weighted by atomic mass is 16.5. The molecule has 0 bridgehead atoms. The number of hydrogen-bond donors (Lipinski definition) is 2. The van der Waals surface area contributed by atoms with Crippen molar-refractivity contribution in [2.75, 3.05) is 46.9 Å². The summed E-state index contributed by atoms with van der Waals surface area (Å²) in [5.41, 5.74) is 0. The van der Waals surface area contributed by atoms with Crippen LogP contribution in [0.4, 0.5) is 0 Å². The minimum atomic E-state index is 0.150. The number of ether oxygens (including phenoxy) is 1. The highest BCUT2D eigenvalue weighted by molar-refractivity contribution is 5.80. The molecule has 1 heterocycles. The Balaban J connectivity index is 1.57. The van der Waals surface area contributed by atoms with Gasteiger partial charge >= 0.3 is 0 Å². The lowest BCUT2D eigenvalue weighted by molar-refractivity contribution is -0.121. The molecule has 6 nitrogen and oxygen atoms in total. The summed E-state index contributed by atoms with van der Waals surface area (Å²) in [7, 11) is 3.54. The monoisotopic (exact) mass is 324 g/mol. The molecule has 1 aliphatic heterocycles. The van der Waals surface area contributed by atoms with Crippen LogP contribution in [0.15, 0.2) is 4.99 Å². The third-order valence-corrected chi connectivity index (χ3v) is 4.68. The number of nitrogens with one attached hydrogen (secondary N) is 2. The molecule has 23 heavy (non-hydrogen) atoms. The first-order chi connectivity index (χ1) is 11.2. The number of likely N-dealkylation sites (tertiary alicyclic amines) is 1. The van der Waals surface area contributed by atoms with Crippen molar-refractivity contribution in [2.24, 2.45) is 16.8 Å². The lowest BCUT2D eigenvalue weighted by Crippen LogP contribution is -2.46. The molecule has 0 atom stereocenters. The van der Waals surface area contributed by atoms with Gasteiger partial charge in [-0.15, -0.1) is 0 Å². The van der Waals surface area contributed by atoms with Gasteiger partial charge in [-0.05, 0) is 43.9 Å². The van der Waals surface area contributed by atoms with Crippen molar-refractivity contribution >= 4 is 11.9 Å². The van der Waals surface area contributed by atoms with Crippen LogP contribution in [-0.2, 0) is 9.53 Å². The number of hydrogen-bond acceptors (Lipinski definition) is 3. The average Bonchev–Trinajstić information content (AvgIpc) is 3.39. The molecule has 2 rings (SSSR count). The lowest BCUT2D eigenvalue weighted by atomic mass is 9.93. The van der Waals surface area contributed by atoms with E-state index in [0.717, 1.165) is 64.0 Å². The van der Waals surface area contributed by atoms with Crippen LogP contribution >= 0.6 is 0 Å². The van der Waals surface area contributed by atoms with Crippen molar-refractivity contribution in [1.82, 2.24) is 15.5 Å². The van der Waals surface area contributed by atoms with E-state index < -0.39 is 0 Å². The van der Waals surface area contributed by atoms with Gasteiger partial charge in [0.2, 0.25) is 5.91 Å². The number of rotatable bonds is 8. The van der Waals surface area contributed by atoms with Crippen LogP contribution in [0.25, 0.3) is 0 Å². The normalized spacial score (nSPS) is 19.7. The summed E-state index contributed by atoms with van der Waals surface area (Å²) in [5.74, 6) is 2.47. The van der Waals surface area contributed by atoms with Crippen molar-refractivity contribution in [3.63, 3.8) is 0 Å². The molecule has 132 valence electrons. The molecule has 1 saturated heterocycles. The van der Waals surface area contributed by atoms with Crippen molar-refractivity contribution < 1.29 is 9.53 Å². The zero-order valence-electron chi connectivity index (χ0n) is 14.6. The highest BCUT2D eigenvalue weighted by Gasteiger charge is 2.23. The van der Waals surface area contributed by atoms with Crippen LogP contribution < -0.4 is 10.6 Å². The summed E-state index contributed by atoms with van der Waals surface area (Å²) in [5, 5.41) is 6.14. The van der Waals surface area contributed by atoms with Crippen LogP contribution in [0.3, 0.4) is 0 Å². The fourth-order valence-corrected chi connectivity index (χ4v) is 2.95. The van der Waals surface area contributed by atoms with Gasteiger partial charge in [-0.1, -0.05) is 0 Å². The Kier molecular flexibility index (Phi) is 7.65. The summed E-state index contributed by atoms with van der Waals surface area (Å²) in [4.78, 5) is 18.1. The number of guanidine groups is 1. The molecule has 1 amide bonds. The van der Waals surface area contributed by atoms with Crippen molar-refractivity contribution in [3.8, 4) is 0 Å². The fourth-order valence-electron chi connectivity index (χ4n) is 2.95. The van der Waals surface area contributed by atoms with E-state index in [1.54, 1.807) is 7.05 Å². The Morgan fingerprint density at radius 2 is 1.96 bits per heavy atom. The highest BCUT2D eigenvalue weighted by Crippen LogP contribution is 2.28. The van der Waals surface area contributed by atoms with Gasteiger partial charge < -0.3 is 20.3 Å². The fraction of sp³-hybridized carbons (Fsp3) is 0.882. The molecule has 0 radical (unpaired) electrons. The molecule has 6 heteroatoms. The number of carbonyl (C=O) groups is 1. The predicted octanol–water partition coefficient (Wildman–Crippen LogP) is 1.23. The van der Waals surface area contributed by atoms with Crippen LogP contribution in [0, 0.1) is 11.8 Å². The maximum atomic E-state index is 11.5. The Bertz CT molecular complexity index is 388. The number of amides is 1. The summed E-state index contributed by atoms with van der Waals surface area (Å²) < 4.78 is 5.65. The van der Waals surface area contributed by atoms with E-state index in [2.05, 4.69) is 20.5 Å². The van der Waals surface area contributed by atoms with Crippen molar-refractivity contribution in [3.05, 3.63) is 0 Å². The summed E-state index contributed by atoms with van der Waals surface area (Å²) >= 11 is 0. The number of piperidine rings is 1. The molecular formula is C17H32N4O2. The zero-order valence-corrected chi connectivity index (χ0v) is 14.6. The second kappa shape index (κ2) is 9.75. The second-order valence-corrected chi connectivity index (χ2v) is 6.65. The Morgan fingerprint density at radius 1 is 1.22 bits per heavy atom. The molecule has 1 aliphatic carbocycles. The van der Waals surface area contributed by atoms with E-state index in [-0.39, 0.29) is 5.91 Å². The van der Waals surface area contributed by atoms with Gasteiger partial charge in [-0.3, -0.25) is 9.79 Å². The minimum absolute atomic E-state index is 0.150. The van der Waals surface area contributed by atoms with Gasteiger partial charge in [0.05, 0.1) is 0 Å². The third-order valence-electron chi connectivity index (χ3n) is 4.68. The molecule has 1 saturated carbocycles. The van der Waals surface area contributed by atoms with Crippen molar-refractivity contribution in [2.45, 2.75) is 38.5 Å². The van der Waals surface area contributed by atoms with Crippen LogP contribution in [0.2, 0.25) is 0 Å². The van der Waals surface area contributed by atoms with Gasteiger partial charge in [0.1, 0.15) is 0 Å². The molecule has 2 aliphatic rings. The largest absolute Gasteiger partial charge is 0.381 e. The topological polar surface area (TPSA) is 66.0 Å². The van der Waals surface area contributed by atoms with Crippen LogP contribution in [0.5, 0.6) is 0 Å². The first-order valence-corrected chi connectivity index (χ1v) is 8.96. The van der Waals surface area contributed by atoms with Gasteiger partial charge in [0.15, 0.2) is 5.96 Å². The summed E-state index contributed by atoms with van der Waals surface area (Å²) in [6, 6.07) is 0. The van der Waals surface area contributed by atoms with Gasteiger partial charge in [-0.25, -0.2) is 0 Å². The Hall–Kier alpha value is -1.30. The Labute approximate surface area is 140 Å². The van der Waals surface area contributed by atoms with Crippen molar-refractivity contribution in [1.29, 1.82) is 0 Å². The molecule has 2 N–H and O–H groups in total. The van der Waals surface area contributed by atoms with E-state index in [1.807, 2.05) is 7.05 Å². The first-order valence-electron chi connectivity index (χ1n) is 8.96. The quantitative estimate of drug-likeness (QED) is 0.400. The molecule has 0 aromatic carbocycles. The first kappa shape index (κ1) is 18.0. The van der Waals surface area contributed by atoms with E-state index in [0.29, 0.717) is 12.3 Å². The van der Waals surface area contributed by atoms with Crippen LogP contribution in [-0.4, -0.2) is 63.7 Å². The maximum Gasteiger partial charge on any atom is 0.220 e. The van der Waals surface area contributed by atoms with Gasteiger partial charge in [-0.2, -0.15) is 0 Å². The molecule has 2 fully saturated rings. The standard InChI is InChI=1S/C17H32N4O2/c1-18-16(22)12-14-6-9-21(10-7-14)17(19-2)20-8-3-11-23-13-15-4-5-15/h14-15H,3-13H2,1-2H3,(H,18,22)(H,19,20). The van der Waals surface area contributed by atoms with E-state index >= 15 is 0 Å². The predicted molar refractivity (Wildman–Crippen MR) is 92.5 cm³/mol. The minimum Gasteiger partial charge on any atom is -0.381 e. The van der Waals surface area contributed by atoms with E-state index in [4.69, 9.17) is 4.74 Å². The maximum absolute atomic E-state index is 11.5. The molecular weight excluding hydrogens is 292 g/mol. The van der Waals surface area contributed by atoms with Crippen LogP contribution in [0.1, 0.15) is 38.5 Å². The average molecular weight is 324 g/mol. The molecule has 0 spiro atoms. The summed E-state index contributed by atoms with van der Waals surface area (Å²) in [6.07, 6.45) is 6.46. The molecule has 0 aromatic rings. The third kappa shape index (κ3) is 6.77. The molecule has 0 aromatic heterocycles. The van der Waals surface area contributed by atoms with E-state index in [1.165, 1.54) is 12.8 Å². The van der Waals surface area contributed by atoms with E-state index in [9.17, 15) is 4.79 Å². The smallest absolute Gasteiger partial charge is 0.220 e. The number of carbonyl (C=O) groups excluding carboxylic acids is 1. The number of aliphatic imine (C=N–C) groups is 1. The number of nitrogens with zero attached hydrogens (tertiary/aromatic N) is 2. The second-order valence-electron chi connectivity index (χ2n) is 6.65. The summed E-state index contributed by atoms with van der Waals surface area (Å²) in [6.45, 7) is 4.61. The zero-order chi connectivity index (χ0) is 16.5. The Morgan fingerprint density at radius 3 is 2.57 bits per heavy atom. The lowest BCUT2D eigenvalue weighted by Gasteiger charge is -2.34. The van der Waals surface area contributed by atoms with Gasteiger partial charge in [0.25, 0.3) is 0 Å². The SMILES string of the molecule is CN=C(NCCCOCC1CC1)N1CCC(CC(=O)NC)CC1. The van der Waals surface area contributed by atoms with Gasteiger partial charge in [0, 0.05) is 53.4 Å². The molecule has 0 unspecified atom stereocenters.